The van der Waals surface area contributed by atoms with Crippen LogP contribution in [0.2, 0.25) is 0 Å². The average molecular weight is 586 g/mol. The zero-order valence-corrected chi connectivity index (χ0v) is 25.2. The Labute approximate surface area is 260 Å². The standard InChI is InChI=1S/C38H39N3O3/c1-43-34-19-11-14-31(26-34)28-39(27-30-12-5-2-6-13-30)29-35-20-21-36(44-35)38(42)41-24-22-40(23-25-41)37(32-15-7-3-8-16-32)33-17-9-4-10-18-33/h2-21,26,37H,22-25,27-29H2,1H3. The molecule has 5 aromatic rings. The summed E-state index contributed by atoms with van der Waals surface area (Å²) in [5.74, 6) is 1.97. The first-order valence-corrected chi connectivity index (χ1v) is 15.3. The fourth-order valence-corrected chi connectivity index (χ4v) is 6.06. The van der Waals surface area contributed by atoms with Gasteiger partial charge in [-0.05, 0) is 46.5 Å². The normalized spacial score (nSPS) is 13.8. The Morgan fingerprint density at radius 2 is 1.30 bits per heavy atom. The zero-order chi connectivity index (χ0) is 30.1. The molecule has 0 saturated carbocycles. The van der Waals surface area contributed by atoms with E-state index >= 15 is 0 Å². The van der Waals surface area contributed by atoms with Gasteiger partial charge in [0.25, 0.3) is 5.91 Å². The van der Waals surface area contributed by atoms with E-state index in [0.29, 0.717) is 25.4 Å². The molecule has 1 amide bonds. The Balaban J connectivity index is 1.12. The molecular weight excluding hydrogens is 546 g/mol. The summed E-state index contributed by atoms with van der Waals surface area (Å²) < 4.78 is 11.6. The summed E-state index contributed by atoms with van der Waals surface area (Å²) in [6, 6.07) is 43.7. The van der Waals surface area contributed by atoms with Crippen LogP contribution >= 0.6 is 0 Å². The van der Waals surface area contributed by atoms with E-state index < -0.39 is 0 Å². The number of furan rings is 1. The monoisotopic (exact) mass is 585 g/mol. The van der Waals surface area contributed by atoms with Crippen molar-refractivity contribution in [3.05, 3.63) is 161 Å². The molecule has 4 aromatic carbocycles. The Bertz CT molecular complexity index is 1570. The predicted molar refractivity (Wildman–Crippen MR) is 173 cm³/mol. The fourth-order valence-electron chi connectivity index (χ4n) is 6.06. The lowest BCUT2D eigenvalue weighted by Crippen LogP contribution is -2.49. The molecule has 1 aromatic heterocycles. The van der Waals surface area contributed by atoms with Gasteiger partial charge in [0.15, 0.2) is 5.76 Å². The molecule has 0 radical (unpaired) electrons. The second kappa shape index (κ2) is 14.2. The van der Waals surface area contributed by atoms with Crippen molar-refractivity contribution in [2.75, 3.05) is 33.3 Å². The molecule has 0 aliphatic carbocycles. The highest BCUT2D eigenvalue weighted by Crippen LogP contribution is 2.30. The van der Waals surface area contributed by atoms with E-state index in [-0.39, 0.29) is 11.9 Å². The number of ether oxygens (including phenoxy) is 1. The minimum atomic E-state index is -0.0470. The molecule has 6 nitrogen and oxygen atoms in total. The lowest BCUT2D eigenvalue weighted by Gasteiger charge is -2.39. The second-order valence-electron chi connectivity index (χ2n) is 11.3. The SMILES string of the molecule is COc1cccc(CN(Cc2ccccc2)Cc2ccc(C(=O)N3CCN(C(c4ccccc4)c4ccccc4)CC3)o2)c1. The third-order valence-electron chi connectivity index (χ3n) is 8.24. The van der Waals surface area contributed by atoms with Crippen molar-refractivity contribution in [1.29, 1.82) is 0 Å². The van der Waals surface area contributed by atoms with Crippen LogP contribution in [0.1, 0.15) is 44.6 Å². The van der Waals surface area contributed by atoms with Gasteiger partial charge >= 0.3 is 0 Å². The molecule has 224 valence electrons. The Morgan fingerprint density at radius 1 is 0.705 bits per heavy atom. The van der Waals surface area contributed by atoms with Crippen molar-refractivity contribution < 1.29 is 13.9 Å². The van der Waals surface area contributed by atoms with Crippen molar-refractivity contribution in [3.8, 4) is 5.75 Å². The van der Waals surface area contributed by atoms with Crippen molar-refractivity contribution in [3.63, 3.8) is 0 Å². The van der Waals surface area contributed by atoms with Crippen LogP contribution in [0.5, 0.6) is 5.75 Å². The largest absolute Gasteiger partial charge is 0.497 e. The summed E-state index contributed by atoms with van der Waals surface area (Å²) in [5.41, 5.74) is 4.91. The topological polar surface area (TPSA) is 49.2 Å². The van der Waals surface area contributed by atoms with Crippen LogP contribution in [-0.4, -0.2) is 53.9 Å². The van der Waals surface area contributed by atoms with Gasteiger partial charge in [0.1, 0.15) is 11.5 Å². The molecule has 2 heterocycles. The van der Waals surface area contributed by atoms with Crippen LogP contribution in [0.15, 0.2) is 132 Å². The third-order valence-corrected chi connectivity index (χ3v) is 8.24. The maximum Gasteiger partial charge on any atom is 0.289 e. The van der Waals surface area contributed by atoms with Crippen molar-refractivity contribution in [2.24, 2.45) is 0 Å². The number of methoxy groups -OCH3 is 1. The van der Waals surface area contributed by atoms with Crippen LogP contribution in [0, 0.1) is 0 Å². The summed E-state index contributed by atoms with van der Waals surface area (Å²) in [4.78, 5) is 20.3. The van der Waals surface area contributed by atoms with E-state index in [1.807, 2.05) is 35.2 Å². The smallest absolute Gasteiger partial charge is 0.289 e. The zero-order valence-electron chi connectivity index (χ0n) is 25.2. The number of hydrogen-bond donors (Lipinski definition) is 0. The minimum Gasteiger partial charge on any atom is -0.497 e. The number of rotatable bonds is 11. The van der Waals surface area contributed by atoms with Crippen LogP contribution in [0.25, 0.3) is 0 Å². The van der Waals surface area contributed by atoms with Gasteiger partial charge in [0.2, 0.25) is 0 Å². The molecule has 6 heteroatoms. The summed E-state index contributed by atoms with van der Waals surface area (Å²) >= 11 is 0. The van der Waals surface area contributed by atoms with Crippen LogP contribution in [0.3, 0.4) is 0 Å². The molecule has 0 atom stereocenters. The van der Waals surface area contributed by atoms with Crippen molar-refractivity contribution in [2.45, 2.75) is 25.7 Å². The van der Waals surface area contributed by atoms with Gasteiger partial charge in [-0.2, -0.15) is 0 Å². The van der Waals surface area contributed by atoms with Crippen LogP contribution in [0.4, 0.5) is 0 Å². The molecule has 1 saturated heterocycles. The van der Waals surface area contributed by atoms with Gasteiger partial charge in [0.05, 0.1) is 19.7 Å². The maximum absolute atomic E-state index is 13.6. The lowest BCUT2D eigenvalue weighted by molar-refractivity contribution is 0.0564. The Morgan fingerprint density at radius 3 is 1.93 bits per heavy atom. The molecule has 1 aliphatic heterocycles. The van der Waals surface area contributed by atoms with Gasteiger partial charge in [-0.25, -0.2) is 0 Å². The van der Waals surface area contributed by atoms with Gasteiger partial charge in [0, 0.05) is 39.3 Å². The molecule has 1 aliphatic rings. The lowest BCUT2D eigenvalue weighted by atomic mass is 9.96. The Kier molecular flexibility index (Phi) is 9.51. The maximum atomic E-state index is 13.6. The molecule has 0 N–H and O–H groups in total. The van der Waals surface area contributed by atoms with E-state index in [1.54, 1.807) is 7.11 Å². The highest BCUT2D eigenvalue weighted by Gasteiger charge is 2.29. The number of benzene rings is 4. The highest BCUT2D eigenvalue weighted by molar-refractivity contribution is 5.91. The van der Waals surface area contributed by atoms with Crippen LogP contribution in [-0.2, 0) is 19.6 Å². The summed E-state index contributed by atoms with van der Waals surface area (Å²) in [6.45, 7) is 4.96. The average Bonchev–Trinajstić information content (AvgIpc) is 3.55. The number of amides is 1. The first-order valence-electron chi connectivity index (χ1n) is 15.3. The molecule has 0 bridgehead atoms. The molecule has 6 rings (SSSR count). The number of carbonyl (C=O) groups is 1. The fraction of sp³-hybridized carbons (Fsp3) is 0.237. The number of piperazine rings is 1. The predicted octanol–water partition coefficient (Wildman–Crippen LogP) is 7.04. The van der Waals surface area contributed by atoms with Gasteiger partial charge < -0.3 is 14.1 Å². The summed E-state index contributed by atoms with van der Waals surface area (Å²) in [6.07, 6.45) is 0. The highest BCUT2D eigenvalue weighted by atomic mass is 16.5. The molecule has 1 fully saturated rings. The number of nitrogens with zero attached hydrogens (tertiary/aromatic N) is 3. The first-order chi connectivity index (χ1) is 21.7. The van der Waals surface area contributed by atoms with Crippen LogP contribution < -0.4 is 4.74 Å². The first kappa shape index (κ1) is 29.4. The van der Waals surface area contributed by atoms with E-state index in [2.05, 4.69) is 107 Å². The van der Waals surface area contributed by atoms with E-state index in [1.165, 1.54) is 16.7 Å². The van der Waals surface area contributed by atoms with Gasteiger partial charge in [-0.3, -0.25) is 14.6 Å². The van der Waals surface area contributed by atoms with E-state index in [4.69, 9.17) is 9.15 Å². The second-order valence-corrected chi connectivity index (χ2v) is 11.3. The van der Waals surface area contributed by atoms with E-state index in [0.717, 1.165) is 43.3 Å². The molecule has 44 heavy (non-hydrogen) atoms. The number of carbonyl (C=O) groups excluding carboxylic acids is 1. The third kappa shape index (κ3) is 7.28. The summed E-state index contributed by atoms with van der Waals surface area (Å²) in [7, 11) is 1.69. The molecular formula is C38H39N3O3. The van der Waals surface area contributed by atoms with Crippen molar-refractivity contribution in [1.82, 2.24) is 14.7 Å². The van der Waals surface area contributed by atoms with Crippen molar-refractivity contribution >= 4 is 5.91 Å². The quantitative estimate of drug-likeness (QED) is 0.166. The molecule has 0 spiro atoms. The van der Waals surface area contributed by atoms with E-state index in [9.17, 15) is 4.79 Å². The molecule has 0 unspecified atom stereocenters. The minimum absolute atomic E-state index is 0.0470. The van der Waals surface area contributed by atoms with Gasteiger partial charge in [-0.15, -0.1) is 0 Å². The summed E-state index contributed by atoms with van der Waals surface area (Å²) in [5, 5.41) is 0. The number of hydrogen-bond acceptors (Lipinski definition) is 5. The van der Waals surface area contributed by atoms with Gasteiger partial charge in [-0.1, -0.05) is 103 Å². The Hall–Kier alpha value is -4.65.